The van der Waals surface area contributed by atoms with Gasteiger partial charge in [0.1, 0.15) is 5.03 Å². The van der Waals surface area contributed by atoms with Crippen LogP contribution in [-0.4, -0.2) is 35.6 Å². The molecule has 21 heavy (non-hydrogen) atoms. The first kappa shape index (κ1) is 15.2. The molecule has 0 saturated heterocycles. The third kappa shape index (κ3) is 2.79. The van der Waals surface area contributed by atoms with Gasteiger partial charge in [-0.25, -0.2) is 9.89 Å². The first-order chi connectivity index (χ1) is 9.99. The Hall–Kier alpha value is -2.23. The number of aromatic amines is 1. The topological polar surface area (TPSA) is 127 Å². The lowest BCUT2D eigenvalue weighted by atomic mass is 10.2. The molecule has 114 valence electrons. The predicted molar refractivity (Wildman–Crippen MR) is 77.7 cm³/mol. The smallest absolute Gasteiger partial charge is 0.343 e. The molecule has 0 atom stereocenters. The van der Waals surface area contributed by atoms with Crippen LogP contribution in [0.2, 0.25) is 0 Å². The number of aryl methyl sites for hydroxylation is 2. The molecule has 4 N–H and O–H groups in total. The number of amidine groups is 1. The number of aromatic nitrogens is 5. The van der Waals surface area contributed by atoms with Gasteiger partial charge in [-0.2, -0.15) is 5.10 Å². The quantitative estimate of drug-likeness (QED) is 0.315. The Labute approximate surface area is 124 Å². The minimum absolute atomic E-state index is 0.0250. The van der Waals surface area contributed by atoms with Gasteiger partial charge in [0.15, 0.2) is 11.0 Å². The van der Waals surface area contributed by atoms with Gasteiger partial charge >= 0.3 is 5.69 Å². The monoisotopic (exact) mass is 311 g/mol. The molecule has 0 fully saturated rings. The van der Waals surface area contributed by atoms with E-state index >= 15 is 0 Å². The number of hydrogen-bond donors (Lipinski definition) is 3. The van der Waals surface area contributed by atoms with E-state index in [2.05, 4.69) is 20.5 Å². The Morgan fingerprint density at radius 1 is 1.57 bits per heavy atom. The molecule has 2 aromatic heterocycles. The molecule has 0 aliphatic rings. The van der Waals surface area contributed by atoms with Crippen molar-refractivity contribution < 1.29 is 5.21 Å². The highest BCUT2D eigenvalue weighted by Crippen LogP contribution is 2.29. The zero-order valence-corrected chi connectivity index (χ0v) is 12.8. The van der Waals surface area contributed by atoms with Crippen molar-refractivity contribution in [1.82, 2.24) is 24.5 Å². The number of nitrogens with one attached hydrogen (secondary N) is 1. The number of nitrogens with two attached hydrogens (primary N) is 1. The molecule has 2 heterocycles. The van der Waals surface area contributed by atoms with E-state index in [-0.39, 0.29) is 11.5 Å². The summed E-state index contributed by atoms with van der Waals surface area (Å²) in [5, 5.41) is 23.8. The van der Waals surface area contributed by atoms with Crippen LogP contribution in [0.25, 0.3) is 0 Å². The van der Waals surface area contributed by atoms with E-state index in [1.807, 2.05) is 6.92 Å². The first-order valence-electron chi connectivity index (χ1n) is 6.34. The lowest BCUT2D eigenvalue weighted by Gasteiger charge is -2.06. The molecule has 2 rings (SSSR count). The maximum atomic E-state index is 11.7. The fourth-order valence-corrected chi connectivity index (χ4v) is 3.06. The molecular weight excluding hydrogens is 294 g/mol. The van der Waals surface area contributed by atoms with Gasteiger partial charge in [0, 0.05) is 13.6 Å². The number of hydrogen-bond acceptors (Lipinski definition) is 6. The second-order valence-electron chi connectivity index (χ2n) is 4.44. The Bertz CT molecular complexity index is 727. The summed E-state index contributed by atoms with van der Waals surface area (Å²) in [5.41, 5.74) is 6.61. The molecule has 0 saturated carbocycles. The average molecular weight is 311 g/mol. The molecule has 0 unspecified atom stereocenters. The van der Waals surface area contributed by atoms with Crippen molar-refractivity contribution in [3.05, 3.63) is 21.7 Å². The summed E-state index contributed by atoms with van der Waals surface area (Å²) in [4.78, 5) is 11.7. The van der Waals surface area contributed by atoms with Crippen LogP contribution in [0.4, 0.5) is 0 Å². The largest absolute Gasteiger partial charge is 0.409 e. The molecule has 0 radical (unpaired) electrons. The highest BCUT2D eigenvalue weighted by Gasteiger charge is 2.21. The summed E-state index contributed by atoms with van der Waals surface area (Å²) in [6, 6.07) is 0. The van der Waals surface area contributed by atoms with Crippen LogP contribution in [0.5, 0.6) is 0 Å². The minimum atomic E-state index is -0.261. The number of nitrogens with zero attached hydrogens (tertiary/aromatic N) is 5. The summed E-state index contributed by atoms with van der Waals surface area (Å²) in [5.74, 6) is -0.0250. The van der Waals surface area contributed by atoms with Crippen molar-refractivity contribution in [3.8, 4) is 0 Å². The molecule has 0 amide bonds. The Balaban J connectivity index is 2.48. The number of oxime groups is 1. The van der Waals surface area contributed by atoms with Crippen molar-refractivity contribution in [2.24, 2.45) is 17.9 Å². The zero-order valence-electron chi connectivity index (χ0n) is 12.0. The number of rotatable bonds is 5. The second kappa shape index (κ2) is 6.04. The van der Waals surface area contributed by atoms with E-state index in [1.165, 1.54) is 11.8 Å². The van der Waals surface area contributed by atoms with Crippen molar-refractivity contribution in [2.75, 3.05) is 0 Å². The van der Waals surface area contributed by atoms with Crippen LogP contribution in [0.1, 0.15) is 24.6 Å². The normalized spacial score (nSPS) is 12.0. The molecule has 0 bridgehead atoms. The van der Waals surface area contributed by atoms with Crippen LogP contribution in [0.15, 0.2) is 20.1 Å². The third-order valence-corrected chi connectivity index (χ3v) is 4.05. The maximum Gasteiger partial charge on any atom is 0.343 e. The van der Waals surface area contributed by atoms with Crippen LogP contribution < -0.4 is 11.4 Å². The Kier molecular flexibility index (Phi) is 4.36. The zero-order chi connectivity index (χ0) is 15.6. The van der Waals surface area contributed by atoms with Gasteiger partial charge in [0.2, 0.25) is 0 Å². The molecule has 10 heteroatoms. The minimum Gasteiger partial charge on any atom is -0.409 e. The summed E-state index contributed by atoms with van der Waals surface area (Å²) < 4.78 is 3.16. The molecule has 0 aliphatic heterocycles. The van der Waals surface area contributed by atoms with Gasteiger partial charge in [-0.05, 0) is 25.1 Å². The SMILES string of the molecule is CCCn1c(Sc2c(C(N)=NO)c(C)nn2C)n[nH]c1=O. The van der Waals surface area contributed by atoms with Crippen molar-refractivity contribution in [1.29, 1.82) is 0 Å². The van der Waals surface area contributed by atoms with Gasteiger partial charge in [0.05, 0.1) is 11.3 Å². The van der Waals surface area contributed by atoms with Crippen LogP contribution in [0.3, 0.4) is 0 Å². The van der Waals surface area contributed by atoms with E-state index in [0.29, 0.717) is 28.0 Å². The summed E-state index contributed by atoms with van der Waals surface area (Å²) >= 11 is 1.24. The van der Waals surface area contributed by atoms with E-state index in [4.69, 9.17) is 10.9 Å². The lowest BCUT2D eigenvalue weighted by molar-refractivity contribution is 0.318. The van der Waals surface area contributed by atoms with Gasteiger partial charge in [0.25, 0.3) is 0 Å². The van der Waals surface area contributed by atoms with Gasteiger partial charge in [-0.3, -0.25) is 9.25 Å². The number of H-pyrrole nitrogens is 1. The summed E-state index contributed by atoms with van der Waals surface area (Å²) in [7, 11) is 1.75. The maximum absolute atomic E-state index is 11.7. The Morgan fingerprint density at radius 3 is 2.90 bits per heavy atom. The highest BCUT2D eigenvalue weighted by atomic mass is 32.2. The third-order valence-electron chi connectivity index (χ3n) is 2.89. The molecule has 0 aromatic carbocycles. The van der Waals surface area contributed by atoms with Crippen molar-refractivity contribution in [3.63, 3.8) is 0 Å². The molecule has 0 spiro atoms. The molecule has 9 nitrogen and oxygen atoms in total. The summed E-state index contributed by atoms with van der Waals surface area (Å²) in [6.45, 7) is 4.30. The second-order valence-corrected chi connectivity index (χ2v) is 5.40. The van der Waals surface area contributed by atoms with Crippen LogP contribution in [-0.2, 0) is 13.6 Å². The predicted octanol–water partition coefficient (Wildman–Crippen LogP) is 0.269. The van der Waals surface area contributed by atoms with Crippen LogP contribution in [0, 0.1) is 6.92 Å². The van der Waals surface area contributed by atoms with Crippen molar-refractivity contribution in [2.45, 2.75) is 37.0 Å². The fraction of sp³-hybridized carbons (Fsp3) is 0.455. The van der Waals surface area contributed by atoms with Crippen LogP contribution >= 0.6 is 11.8 Å². The van der Waals surface area contributed by atoms with E-state index < -0.39 is 0 Å². The standard InChI is InChI=1S/C11H17N7O2S/c1-4-5-18-10(19)13-14-11(18)21-9-7(8(12)16-20)6(2)15-17(9)3/h20H,4-5H2,1-3H3,(H2,12,16)(H,13,19). The van der Waals surface area contributed by atoms with Crippen molar-refractivity contribution >= 4 is 17.6 Å². The average Bonchev–Trinajstić information content (AvgIpc) is 2.92. The molecular formula is C11H17N7O2S. The summed E-state index contributed by atoms with van der Waals surface area (Å²) in [6.07, 6.45) is 0.810. The van der Waals surface area contributed by atoms with E-state index in [9.17, 15) is 4.79 Å². The molecule has 2 aromatic rings. The molecule has 0 aliphatic carbocycles. The van der Waals surface area contributed by atoms with Gasteiger partial charge in [-0.1, -0.05) is 12.1 Å². The highest BCUT2D eigenvalue weighted by molar-refractivity contribution is 7.99. The fourth-order valence-electron chi connectivity index (χ4n) is 1.99. The van der Waals surface area contributed by atoms with E-state index in [0.717, 1.165) is 6.42 Å². The van der Waals surface area contributed by atoms with E-state index in [1.54, 1.807) is 23.2 Å². The van der Waals surface area contributed by atoms with Gasteiger partial charge in [-0.15, -0.1) is 5.10 Å². The first-order valence-corrected chi connectivity index (χ1v) is 7.15. The lowest BCUT2D eigenvalue weighted by Crippen LogP contribution is -2.18. The van der Waals surface area contributed by atoms with Gasteiger partial charge < -0.3 is 10.9 Å². The Morgan fingerprint density at radius 2 is 2.29 bits per heavy atom.